The lowest BCUT2D eigenvalue weighted by molar-refractivity contribution is -0.150. The Kier molecular flexibility index (Phi) is 21.9. The van der Waals surface area contributed by atoms with E-state index in [9.17, 15) is 28.8 Å². The zero-order chi connectivity index (χ0) is 34.3. The van der Waals surface area contributed by atoms with Crippen molar-refractivity contribution in [3.8, 4) is 0 Å². The third-order valence-electron chi connectivity index (χ3n) is 6.56. The minimum atomic E-state index is -0.546. The summed E-state index contributed by atoms with van der Waals surface area (Å²) in [4.78, 5) is 70.2. The molecule has 0 fully saturated rings. The number of unbranched alkanes of at least 4 members (excludes halogenated alkanes) is 1. The minimum absolute atomic E-state index is 0.00977. The van der Waals surface area contributed by atoms with Crippen molar-refractivity contribution in [1.82, 2.24) is 10.6 Å². The molecule has 0 aromatic carbocycles. The molecule has 0 heterocycles. The van der Waals surface area contributed by atoms with Crippen molar-refractivity contribution < 1.29 is 47.7 Å². The molecule has 0 rings (SSSR count). The Labute approximate surface area is 268 Å². The van der Waals surface area contributed by atoms with Crippen LogP contribution < -0.4 is 10.6 Å². The monoisotopic (exact) mass is 638 g/mol. The van der Waals surface area contributed by atoms with Crippen molar-refractivity contribution in [3.63, 3.8) is 0 Å². The Bertz CT molecular complexity index is 1010. The first kappa shape index (κ1) is 41.5. The number of hydrogen-bond donors (Lipinski definition) is 2. The molecule has 45 heavy (non-hydrogen) atoms. The van der Waals surface area contributed by atoms with Crippen LogP contribution in [0.25, 0.3) is 0 Å². The molecule has 0 spiro atoms. The topological polar surface area (TPSA) is 163 Å². The van der Waals surface area contributed by atoms with Crippen molar-refractivity contribution in [1.29, 1.82) is 0 Å². The number of nitrogens with one attached hydrogen (secondary N) is 2. The highest BCUT2D eigenvalue weighted by Crippen LogP contribution is 2.26. The third-order valence-corrected chi connectivity index (χ3v) is 6.56. The van der Waals surface area contributed by atoms with Gasteiger partial charge in [-0.15, -0.1) is 0 Å². The first-order chi connectivity index (χ1) is 21.1. The van der Waals surface area contributed by atoms with Crippen molar-refractivity contribution >= 4 is 35.6 Å². The SMILES string of the molecule is C=C(C)C(=O)OCCOC(=O)CCC(=O)CCCCNCCC(C)CC(C)(C)CNC(=O)CCC(=O)OCCOC(=O)C(=C)C. The molecule has 0 aromatic heterocycles. The molecule has 1 unspecified atom stereocenters. The number of hydrogen-bond acceptors (Lipinski definition) is 11. The van der Waals surface area contributed by atoms with E-state index < -0.39 is 23.9 Å². The van der Waals surface area contributed by atoms with Gasteiger partial charge in [0.05, 0.1) is 12.8 Å². The quantitative estimate of drug-likeness (QED) is 0.0614. The number of rotatable bonds is 26. The Morgan fingerprint density at radius 3 is 1.73 bits per heavy atom. The van der Waals surface area contributed by atoms with Crippen LogP contribution in [0.3, 0.4) is 0 Å². The standard InChI is InChI=1S/C33H54N2O10/c1-24(2)31(40)44-20-18-42-29(38)13-11-27(36)10-8-9-16-34-17-15-26(5)22-33(6,7)23-35-28(37)12-14-30(39)43-19-21-45-32(41)25(3)4/h26,34H,1,3,8-23H2,2,4-7H3,(H,35,37). The van der Waals surface area contributed by atoms with Crippen LogP contribution in [0.1, 0.15) is 92.4 Å². The molecule has 1 amide bonds. The molecule has 256 valence electrons. The van der Waals surface area contributed by atoms with Crippen LogP contribution in [0, 0.1) is 11.3 Å². The molecule has 0 aliphatic carbocycles. The van der Waals surface area contributed by atoms with E-state index in [0.29, 0.717) is 18.9 Å². The van der Waals surface area contributed by atoms with E-state index in [0.717, 1.165) is 38.8 Å². The van der Waals surface area contributed by atoms with Gasteiger partial charge in [-0.1, -0.05) is 33.9 Å². The van der Waals surface area contributed by atoms with Gasteiger partial charge in [-0.2, -0.15) is 0 Å². The van der Waals surface area contributed by atoms with Crippen LogP contribution >= 0.6 is 0 Å². The lowest BCUT2D eigenvalue weighted by atomic mass is 9.82. The molecular weight excluding hydrogens is 584 g/mol. The van der Waals surface area contributed by atoms with Crippen molar-refractivity contribution in [3.05, 3.63) is 24.3 Å². The van der Waals surface area contributed by atoms with E-state index in [4.69, 9.17) is 18.9 Å². The van der Waals surface area contributed by atoms with Gasteiger partial charge in [0, 0.05) is 37.0 Å². The van der Waals surface area contributed by atoms with Gasteiger partial charge in [-0.05, 0) is 64.0 Å². The van der Waals surface area contributed by atoms with Crippen LogP contribution in [0.15, 0.2) is 24.3 Å². The fourth-order valence-corrected chi connectivity index (χ4v) is 4.14. The molecule has 0 aromatic rings. The summed E-state index contributed by atoms with van der Waals surface area (Å²) in [6.45, 7) is 18.2. The fourth-order valence-electron chi connectivity index (χ4n) is 4.14. The molecule has 0 saturated heterocycles. The fraction of sp³-hybridized carbons (Fsp3) is 0.697. The van der Waals surface area contributed by atoms with E-state index in [1.54, 1.807) is 0 Å². The Hall–Kier alpha value is -3.54. The van der Waals surface area contributed by atoms with Crippen molar-refractivity contribution in [2.45, 2.75) is 92.4 Å². The maximum atomic E-state index is 12.2. The Morgan fingerprint density at radius 2 is 1.20 bits per heavy atom. The highest BCUT2D eigenvalue weighted by atomic mass is 16.6. The number of Topliss-reactive ketones (excluding diaryl/α,β-unsaturated/α-hetero) is 1. The molecule has 1 atom stereocenters. The van der Waals surface area contributed by atoms with Gasteiger partial charge in [-0.25, -0.2) is 9.59 Å². The maximum Gasteiger partial charge on any atom is 0.333 e. The van der Waals surface area contributed by atoms with Crippen LogP contribution in [0.2, 0.25) is 0 Å². The normalized spacial score (nSPS) is 11.6. The summed E-state index contributed by atoms with van der Waals surface area (Å²) in [5.41, 5.74) is 0.418. The first-order valence-electron chi connectivity index (χ1n) is 15.6. The second kappa shape index (κ2) is 23.8. The van der Waals surface area contributed by atoms with E-state index in [1.165, 1.54) is 13.8 Å². The minimum Gasteiger partial charge on any atom is -0.462 e. The third kappa shape index (κ3) is 24.5. The van der Waals surface area contributed by atoms with Gasteiger partial charge in [0.15, 0.2) is 0 Å². The van der Waals surface area contributed by atoms with Gasteiger partial charge in [0.1, 0.15) is 32.2 Å². The average Bonchev–Trinajstić information content (AvgIpc) is 2.97. The number of ether oxygens (including phenoxy) is 4. The van der Waals surface area contributed by atoms with E-state index in [-0.39, 0.29) is 80.4 Å². The number of esters is 4. The molecule has 0 aliphatic heterocycles. The molecule has 12 heteroatoms. The predicted octanol–water partition coefficient (Wildman–Crippen LogP) is 3.76. The van der Waals surface area contributed by atoms with Gasteiger partial charge in [0.25, 0.3) is 0 Å². The number of carbonyl (C=O) groups is 6. The average molecular weight is 639 g/mol. The van der Waals surface area contributed by atoms with Gasteiger partial charge >= 0.3 is 23.9 Å². The lowest BCUT2D eigenvalue weighted by Gasteiger charge is -2.28. The van der Waals surface area contributed by atoms with Gasteiger partial charge < -0.3 is 29.6 Å². The second-order valence-corrected chi connectivity index (χ2v) is 12.1. The second-order valence-electron chi connectivity index (χ2n) is 12.1. The van der Waals surface area contributed by atoms with E-state index in [2.05, 4.69) is 44.6 Å². The zero-order valence-corrected chi connectivity index (χ0v) is 27.9. The Balaban J connectivity index is 3.87. The highest BCUT2D eigenvalue weighted by Gasteiger charge is 2.22. The van der Waals surface area contributed by atoms with E-state index >= 15 is 0 Å². The van der Waals surface area contributed by atoms with Crippen LogP contribution in [0.4, 0.5) is 0 Å². The molecule has 0 bridgehead atoms. The van der Waals surface area contributed by atoms with Crippen LogP contribution in [-0.4, -0.2) is 81.6 Å². The Morgan fingerprint density at radius 1 is 0.689 bits per heavy atom. The van der Waals surface area contributed by atoms with Crippen molar-refractivity contribution in [2.75, 3.05) is 46.1 Å². The highest BCUT2D eigenvalue weighted by molar-refractivity contribution is 5.87. The summed E-state index contributed by atoms with van der Waals surface area (Å²) in [5.74, 6) is -1.88. The zero-order valence-electron chi connectivity index (χ0n) is 27.9. The van der Waals surface area contributed by atoms with E-state index in [1.807, 2.05) is 0 Å². The number of amides is 1. The molecular formula is C33H54N2O10. The summed E-state index contributed by atoms with van der Waals surface area (Å²) in [5, 5.41) is 6.30. The predicted molar refractivity (Wildman–Crippen MR) is 169 cm³/mol. The number of ketones is 1. The van der Waals surface area contributed by atoms with Crippen LogP contribution in [0.5, 0.6) is 0 Å². The van der Waals surface area contributed by atoms with Gasteiger partial charge in [-0.3, -0.25) is 19.2 Å². The largest absolute Gasteiger partial charge is 0.462 e. The molecule has 0 radical (unpaired) electrons. The molecule has 0 aliphatic rings. The van der Waals surface area contributed by atoms with Crippen LogP contribution in [-0.2, 0) is 47.7 Å². The summed E-state index contributed by atoms with van der Waals surface area (Å²) < 4.78 is 19.6. The summed E-state index contributed by atoms with van der Waals surface area (Å²) >= 11 is 0. The number of carbonyl (C=O) groups excluding carboxylic acids is 6. The smallest absolute Gasteiger partial charge is 0.333 e. The van der Waals surface area contributed by atoms with Crippen molar-refractivity contribution in [2.24, 2.45) is 11.3 Å². The summed E-state index contributed by atoms with van der Waals surface area (Å²) in [6.07, 6.45) is 4.00. The summed E-state index contributed by atoms with van der Waals surface area (Å²) in [7, 11) is 0. The molecule has 0 saturated carbocycles. The first-order valence-corrected chi connectivity index (χ1v) is 15.6. The molecule has 2 N–H and O–H groups in total. The maximum absolute atomic E-state index is 12.2. The summed E-state index contributed by atoms with van der Waals surface area (Å²) in [6, 6.07) is 0. The molecule has 12 nitrogen and oxygen atoms in total. The van der Waals surface area contributed by atoms with Gasteiger partial charge in [0.2, 0.25) is 5.91 Å². The lowest BCUT2D eigenvalue weighted by Crippen LogP contribution is -2.35.